The maximum atomic E-state index is 13.1. The molecule has 4 amide bonds. The summed E-state index contributed by atoms with van der Waals surface area (Å²) in [5.41, 5.74) is 1.98. The summed E-state index contributed by atoms with van der Waals surface area (Å²) in [5.74, 6) is -0.750. The average molecular weight is 466 g/mol. The van der Waals surface area contributed by atoms with Gasteiger partial charge in [-0.05, 0) is 44.9 Å². The minimum absolute atomic E-state index is 0.234. The van der Waals surface area contributed by atoms with Crippen molar-refractivity contribution in [2.75, 3.05) is 13.2 Å². The third-order valence-electron chi connectivity index (χ3n) is 6.90. The molecule has 1 saturated carbocycles. The monoisotopic (exact) mass is 465 g/mol. The van der Waals surface area contributed by atoms with Gasteiger partial charge in [0.25, 0.3) is 0 Å². The van der Waals surface area contributed by atoms with Crippen molar-refractivity contribution in [3.8, 4) is 11.5 Å². The molecule has 2 aliphatic heterocycles. The smallest absolute Gasteiger partial charge is 0.334 e. The van der Waals surface area contributed by atoms with E-state index >= 15 is 0 Å². The average Bonchev–Trinajstić information content (AvgIpc) is 3.50. The van der Waals surface area contributed by atoms with Gasteiger partial charge in [-0.25, -0.2) is 9.69 Å². The topological polar surface area (TPSA) is 98.2 Å². The van der Waals surface area contributed by atoms with Gasteiger partial charge < -0.3 is 14.0 Å². The molecule has 0 bridgehead atoms. The van der Waals surface area contributed by atoms with E-state index in [0.717, 1.165) is 28.3 Å². The van der Waals surface area contributed by atoms with Crippen molar-refractivity contribution in [1.82, 2.24) is 14.4 Å². The Morgan fingerprint density at radius 1 is 1.03 bits per heavy atom. The zero-order chi connectivity index (χ0) is 24.0. The van der Waals surface area contributed by atoms with E-state index in [-0.39, 0.29) is 17.9 Å². The molecule has 1 aromatic carbocycles. The lowest BCUT2D eigenvalue weighted by Crippen LogP contribution is -2.41. The second-order valence-electron chi connectivity index (χ2n) is 9.10. The summed E-state index contributed by atoms with van der Waals surface area (Å²) in [7, 11) is 0. The number of ether oxygens (including phenoxy) is 2. The van der Waals surface area contributed by atoms with Crippen molar-refractivity contribution in [3.05, 3.63) is 47.3 Å². The molecule has 1 unspecified atom stereocenters. The molecular weight excluding hydrogens is 438 g/mol. The van der Waals surface area contributed by atoms with Crippen molar-refractivity contribution >= 4 is 23.6 Å². The molecule has 5 rings (SSSR count). The van der Waals surface area contributed by atoms with Crippen molar-refractivity contribution in [2.45, 2.75) is 58.2 Å². The van der Waals surface area contributed by atoms with Crippen LogP contribution in [0.5, 0.6) is 11.5 Å². The highest BCUT2D eigenvalue weighted by Crippen LogP contribution is 2.32. The lowest BCUT2D eigenvalue weighted by Gasteiger charge is -2.27. The summed E-state index contributed by atoms with van der Waals surface area (Å²) in [6, 6.07) is 8.29. The predicted octanol–water partition coefficient (Wildman–Crippen LogP) is 2.86. The Bertz CT molecular complexity index is 1180. The Labute approximate surface area is 197 Å². The minimum atomic E-state index is -0.925. The number of Topliss-reactive ketones (excluding diaryl/α,β-unsaturated/α-hetero) is 1. The number of carbonyl (C=O) groups is 4. The molecule has 1 atom stereocenters. The summed E-state index contributed by atoms with van der Waals surface area (Å²) >= 11 is 0. The Kier molecular flexibility index (Phi) is 5.63. The number of ketones is 1. The molecule has 9 nitrogen and oxygen atoms in total. The minimum Gasteiger partial charge on any atom is -0.486 e. The maximum Gasteiger partial charge on any atom is 0.334 e. The van der Waals surface area contributed by atoms with Crippen LogP contribution in [0.1, 0.15) is 47.4 Å². The number of amides is 4. The van der Waals surface area contributed by atoms with Crippen LogP contribution < -0.4 is 9.47 Å². The molecule has 1 aliphatic carbocycles. The molecule has 1 aromatic heterocycles. The van der Waals surface area contributed by atoms with Crippen LogP contribution in [0, 0.1) is 13.8 Å². The first kappa shape index (κ1) is 22.2. The molecular formula is C25H27N3O6. The predicted molar refractivity (Wildman–Crippen MR) is 121 cm³/mol. The summed E-state index contributed by atoms with van der Waals surface area (Å²) in [5, 5.41) is 0. The van der Waals surface area contributed by atoms with E-state index < -0.39 is 24.4 Å². The molecule has 178 valence electrons. The van der Waals surface area contributed by atoms with Gasteiger partial charge in [-0.1, -0.05) is 25.0 Å². The number of urea groups is 1. The van der Waals surface area contributed by atoms with Crippen LogP contribution in [0.25, 0.3) is 0 Å². The maximum absolute atomic E-state index is 13.1. The van der Waals surface area contributed by atoms with Crippen LogP contribution in [0.4, 0.5) is 4.79 Å². The van der Waals surface area contributed by atoms with E-state index in [1.807, 2.05) is 42.7 Å². The highest BCUT2D eigenvalue weighted by molar-refractivity contribution is 6.45. The van der Waals surface area contributed by atoms with E-state index in [1.165, 1.54) is 0 Å². The van der Waals surface area contributed by atoms with Gasteiger partial charge in [0.15, 0.2) is 23.4 Å². The number of nitrogens with zero attached hydrogens (tertiary/aromatic N) is 3. The van der Waals surface area contributed by atoms with Crippen LogP contribution in [0.2, 0.25) is 0 Å². The molecule has 0 radical (unpaired) electrons. The van der Waals surface area contributed by atoms with Crippen LogP contribution in [-0.2, 0) is 16.1 Å². The van der Waals surface area contributed by atoms with Crippen LogP contribution >= 0.6 is 0 Å². The first-order valence-electron chi connectivity index (χ1n) is 11.6. The number of hydrogen-bond acceptors (Lipinski definition) is 6. The molecule has 3 heterocycles. The summed E-state index contributed by atoms with van der Waals surface area (Å²) in [6.45, 7) is 4.12. The van der Waals surface area contributed by atoms with Gasteiger partial charge in [-0.2, -0.15) is 0 Å². The van der Waals surface area contributed by atoms with Gasteiger partial charge in [-0.15, -0.1) is 0 Å². The molecule has 0 N–H and O–H groups in total. The van der Waals surface area contributed by atoms with E-state index in [1.54, 1.807) is 6.07 Å². The highest BCUT2D eigenvalue weighted by Gasteiger charge is 2.48. The van der Waals surface area contributed by atoms with Gasteiger partial charge in [-0.3, -0.25) is 19.3 Å². The third-order valence-corrected chi connectivity index (χ3v) is 6.90. The fourth-order valence-corrected chi connectivity index (χ4v) is 5.10. The number of benzene rings is 1. The molecule has 0 spiro atoms. The summed E-state index contributed by atoms with van der Waals surface area (Å²) < 4.78 is 13.8. The summed E-state index contributed by atoms with van der Waals surface area (Å²) in [4.78, 5) is 52.7. The molecule has 1 saturated heterocycles. The van der Waals surface area contributed by atoms with Gasteiger partial charge in [0, 0.05) is 23.0 Å². The largest absolute Gasteiger partial charge is 0.486 e. The Hall–Kier alpha value is -3.62. The number of rotatable bonds is 6. The SMILES string of the molecule is Cc1cc(C(=O)CN2C(=O)C(=O)N(C3CCCC3)C2=O)c(C)n1CC1COc2ccccc2O1. The fourth-order valence-electron chi connectivity index (χ4n) is 5.10. The van der Waals surface area contributed by atoms with E-state index in [2.05, 4.69) is 0 Å². The molecule has 2 aromatic rings. The fraction of sp³-hybridized carbons (Fsp3) is 0.440. The van der Waals surface area contributed by atoms with E-state index in [0.29, 0.717) is 48.7 Å². The first-order chi connectivity index (χ1) is 16.3. The lowest BCUT2D eigenvalue weighted by atomic mass is 10.1. The van der Waals surface area contributed by atoms with E-state index in [9.17, 15) is 19.2 Å². The van der Waals surface area contributed by atoms with Crippen LogP contribution in [0.3, 0.4) is 0 Å². The van der Waals surface area contributed by atoms with Gasteiger partial charge in [0.05, 0.1) is 13.1 Å². The standard InChI is InChI=1S/C25H27N3O6/c1-15-11-19(16(2)26(15)12-18-14-33-21-9-5-6-10-22(21)34-18)20(29)13-27-23(30)24(31)28(25(27)32)17-7-3-4-8-17/h5-6,9-11,17-18H,3-4,7-8,12-14H2,1-2H3. The Balaban J connectivity index is 1.30. The van der Waals surface area contributed by atoms with Gasteiger partial charge >= 0.3 is 17.8 Å². The molecule has 3 aliphatic rings. The zero-order valence-corrected chi connectivity index (χ0v) is 19.3. The highest BCUT2D eigenvalue weighted by atomic mass is 16.6. The van der Waals surface area contributed by atoms with Crippen LogP contribution in [0.15, 0.2) is 30.3 Å². The second kappa shape index (κ2) is 8.62. The number of aromatic nitrogens is 1. The number of imide groups is 2. The number of carbonyl (C=O) groups excluding carboxylic acids is 4. The van der Waals surface area contributed by atoms with Crippen molar-refractivity contribution < 1.29 is 28.7 Å². The number of aryl methyl sites for hydroxylation is 1. The second-order valence-corrected chi connectivity index (χ2v) is 9.10. The summed E-state index contributed by atoms with van der Waals surface area (Å²) in [6.07, 6.45) is 3.00. The van der Waals surface area contributed by atoms with E-state index in [4.69, 9.17) is 9.47 Å². The first-order valence-corrected chi connectivity index (χ1v) is 11.6. The molecule has 9 heteroatoms. The zero-order valence-electron chi connectivity index (χ0n) is 19.3. The van der Waals surface area contributed by atoms with Crippen LogP contribution in [-0.4, -0.2) is 63.3 Å². The number of para-hydroxylation sites is 2. The molecule has 34 heavy (non-hydrogen) atoms. The quantitative estimate of drug-likeness (QED) is 0.370. The third kappa shape index (κ3) is 3.74. The van der Waals surface area contributed by atoms with Crippen molar-refractivity contribution in [1.29, 1.82) is 0 Å². The normalized spacial score (nSPS) is 20.5. The van der Waals surface area contributed by atoms with Gasteiger partial charge in [0.1, 0.15) is 6.61 Å². The Morgan fingerprint density at radius 3 is 2.47 bits per heavy atom. The Morgan fingerprint density at radius 2 is 1.74 bits per heavy atom. The number of fused-ring (bicyclic) bond motifs is 1. The lowest BCUT2D eigenvalue weighted by molar-refractivity contribution is -0.143. The molecule has 2 fully saturated rings. The van der Waals surface area contributed by atoms with Crippen molar-refractivity contribution in [3.63, 3.8) is 0 Å². The van der Waals surface area contributed by atoms with Crippen molar-refractivity contribution in [2.24, 2.45) is 0 Å². The van der Waals surface area contributed by atoms with Gasteiger partial charge in [0.2, 0.25) is 0 Å². The number of hydrogen-bond donors (Lipinski definition) is 0.